The largest absolute Gasteiger partial charge is 0.320 e. The second-order valence-corrected chi connectivity index (χ2v) is 5.46. The lowest BCUT2D eigenvalue weighted by atomic mass is 10.1. The molecular weight excluding hydrogens is 254 g/mol. The molecule has 3 nitrogen and oxygen atoms in total. The van der Waals surface area contributed by atoms with Crippen molar-refractivity contribution in [3.63, 3.8) is 0 Å². The zero-order chi connectivity index (χ0) is 11.0. The summed E-state index contributed by atoms with van der Waals surface area (Å²) in [6.45, 7) is 6.73. The maximum Gasteiger partial charge on any atom is 0.114 e. The SMILES string of the molecule is CC(C)n1c(Br)cnc1C1CCN(C)C1. The van der Waals surface area contributed by atoms with Crippen molar-refractivity contribution in [2.75, 3.05) is 20.1 Å². The number of likely N-dealkylation sites (tertiary alicyclic amines) is 1. The van der Waals surface area contributed by atoms with Gasteiger partial charge in [0.1, 0.15) is 10.4 Å². The molecule has 0 saturated carbocycles. The topological polar surface area (TPSA) is 21.1 Å². The smallest absolute Gasteiger partial charge is 0.114 e. The lowest BCUT2D eigenvalue weighted by Crippen LogP contribution is -2.16. The summed E-state index contributed by atoms with van der Waals surface area (Å²) in [4.78, 5) is 6.92. The minimum absolute atomic E-state index is 0.475. The van der Waals surface area contributed by atoms with E-state index in [1.165, 1.54) is 18.8 Å². The molecule has 84 valence electrons. The Kier molecular flexibility index (Phi) is 3.16. The summed E-state index contributed by atoms with van der Waals surface area (Å²) in [7, 11) is 2.18. The van der Waals surface area contributed by atoms with Crippen molar-refractivity contribution in [3.05, 3.63) is 16.6 Å². The highest BCUT2D eigenvalue weighted by Gasteiger charge is 2.26. The average Bonchev–Trinajstić information content (AvgIpc) is 2.71. The van der Waals surface area contributed by atoms with Crippen LogP contribution in [0.2, 0.25) is 0 Å². The molecule has 1 aromatic heterocycles. The zero-order valence-electron chi connectivity index (χ0n) is 9.57. The van der Waals surface area contributed by atoms with Crippen molar-refractivity contribution in [2.45, 2.75) is 32.2 Å². The van der Waals surface area contributed by atoms with E-state index in [1.807, 2.05) is 6.20 Å². The third kappa shape index (κ3) is 2.11. The number of halogens is 1. The van der Waals surface area contributed by atoms with Crippen molar-refractivity contribution in [2.24, 2.45) is 0 Å². The van der Waals surface area contributed by atoms with Crippen LogP contribution in [-0.2, 0) is 0 Å². The molecule has 2 heterocycles. The van der Waals surface area contributed by atoms with Gasteiger partial charge in [-0.2, -0.15) is 0 Å². The van der Waals surface area contributed by atoms with Gasteiger partial charge >= 0.3 is 0 Å². The third-order valence-electron chi connectivity index (χ3n) is 3.05. The summed E-state index contributed by atoms with van der Waals surface area (Å²) < 4.78 is 3.39. The molecule has 1 fully saturated rings. The normalized spacial score (nSPS) is 22.9. The first-order valence-corrected chi connectivity index (χ1v) is 6.30. The van der Waals surface area contributed by atoms with Crippen molar-refractivity contribution in [1.82, 2.24) is 14.5 Å². The second kappa shape index (κ2) is 4.26. The summed E-state index contributed by atoms with van der Waals surface area (Å²) in [5, 5.41) is 0. The molecule has 0 bridgehead atoms. The van der Waals surface area contributed by atoms with Crippen LogP contribution >= 0.6 is 15.9 Å². The molecule has 0 aromatic carbocycles. The average molecular weight is 272 g/mol. The summed E-state index contributed by atoms with van der Waals surface area (Å²) in [5.74, 6) is 1.84. The van der Waals surface area contributed by atoms with E-state index >= 15 is 0 Å². The Morgan fingerprint density at radius 3 is 2.80 bits per heavy atom. The van der Waals surface area contributed by atoms with Crippen LogP contribution < -0.4 is 0 Å². The van der Waals surface area contributed by atoms with E-state index < -0.39 is 0 Å². The third-order valence-corrected chi connectivity index (χ3v) is 3.64. The highest BCUT2D eigenvalue weighted by Crippen LogP contribution is 2.29. The quantitative estimate of drug-likeness (QED) is 0.825. The van der Waals surface area contributed by atoms with Gasteiger partial charge in [-0.1, -0.05) is 0 Å². The lowest BCUT2D eigenvalue weighted by molar-refractivity contribution is 0.405. The Morgan fingerprint density at radius 1 is 1.53 bits per heavy atom. The Hall–Kier alpha value is -0.350. The number of nitrogens with zero attached hydrogens (tertiary/aromatic N) is 3. The van der Waals surface area contributed by atoms with Gasteiger partial charge in [-0.05, 0) is 49.8 Å². The van der Waals surface area contributed by atoms with Gasteiger partial charge in [0.05, 0.1) is 6.20 Å². The first-order valence-electron chi connectivity index (χ1n) is 5.50. The standard InChI is InChI=1S/C11H18BrN3/c1-8(2)15-10(12)6-13-11(15)9-4-5-14(3)7-9/h6,8-9H,4-5,7H2,1-3H3. The van der Waals surface area contributed by atoms with Crippen molar-refractivity contribution in [3.8, 4) is 0 Å². The molecule has 2 rings (SSSR count). The van der Waals surface area contributed by atoms with Crippen molar-refractivity contribution < 1.29 is 0 Å². The van der Waals surface area contributed by atoms with Gasteiger partial charge in [0.15, 0.2) is 0 Å². The number of rotatable bonds is 2. The van der Waals surface area contributed by atoms with Gasteiger partial charge in [0.25, 0.3) is 0 Å². The number of imidazole rings is 1. The molecule has 0 radical (unpaired) electrons. The van der Waals surface area contributed by atoms with Gasteiger partial charge in [-0.15, -0.1) is 0 Å². The van der Waals surface area contributed by atoms with Crippen LogP contribution in [0.1, 0.15) is 38.1 Å². The molecule has 4 heteroatoms. The van der Waals surface area contributed by atoms with Gasteiger partial charge in [-0.25, -0.2) is 4.98 Å². The van der Waals surface area contributed by atoms with Crippen LogP contribution in [-0.4, -0.2) is 34.6 Å². The maximum absolute atomic E-state index is 4.54. The molecule has 1 aliphatic heterocycles. The highest BCUT2D eigenvalue weighted by molar-refractivity contribution is 9.10. The van der Waals surface area contributed by atoms with E-state index in [0.717, 1.165) is 11.1 Å². The summed E-state index contributed by atoms with van der Waals surface area (Å²) in [6, 6.07) is 0.475. The van der Waals surface area contributed by atoms with Gasteiger partial charge < -0.3 is 9.47 Å². The van der Waals surface area contributed by atoms with Crippen molar-refractivity contribution >= 4 is 15.9 Å². The molecule has 0 spiro atoms. The van der Waals surface area contributed by atoms with Crippen LogP contribution in [0.3, 0.4) is 0 Å². The maximum atomic E-state index is 4.54. The summed E-state index contributed by atoms with van der Waals surface area (Å²) >= 11 is 3.57. The van der Waals surface area contributed by atoms with Gasteiger partial charge in [0.2, 0.25) is 0 Å². The van der Waals surface area contributed by atoms with Crippen LogP contribution in [0, 0.1) is 0 Å². The minimum Gasteiger partial charge on any atom is -0.320 e. The summed E-state index contributed by atoms with van der Waals surface area (Å²) in [6.07, 6.45) is 3.15. The fraction of sp³-hybridized carbons (Fsp3) is 0.727. The molecule has 1 saturated heterocycles. The predicted octanol–water partition coefficient (Wildman–Crippen LogP) is 2.65. The predicted molar refractivity (Wildman–Crippen MR) is 65.2 cm³/mol. The number of hydrogen-bond donors (Lipinski definition) is 0. The second-order valence-electron chi connectivity index (χ2n) is 4.65. The Labute approximate surface area is 99.6 Å². The number of hydrogen-bond acceptors (Lipinski definition) is 2. The zero-order valence-corrected chi connectivity index (χ0v) is 11.2. The number of aromatic nitrogens is 2. The fourth-order valence-corrected chi connectivity index (χ4v) is 3.01. The number of likely N-dealkylation sites (N-methyl/N-ethyl adjacent to an activating group) is 1. The molecule has 1 aromatic rings. The van der Waals surface area contributed by atoms with Gasteiger partial charge in [0, 0.05) is 18.5 Å². The van der Waals surface area contributed by atoms with E-state index in [4.69, 9.17) is 0 Å². The highest BCUT2D eigenvalue weighted by atomic mass is 79.9. The van der Waals surface area contributed by atoms with Crippen LogP contribution in [0.5, 0.6) is 0 Å². The lowest BCUT2D eigenvalue weighted by Gasteiger charge is -2.17. The first-order chi connectivity index (χ1) is 7.09. The van der Waals surface area contributed by atoms with Crippen molar-refractivity contribution in [1.29, 1.82) is 0 Å². The molecule has 1 aliphatic rings. The Balaban J connectivity index is 2.28. The fourth-order valence-electron chi connectivity index (χ4n) is 2.31. The molecule has 1 atom stereocenters. The first kappa shape index (κ1) is 11.1. The molecule has 0 N–H and O–H groups in total. The molecular formula is C11H18BrN3. The van der Waals surface area contributed by atoms with E-state index in [9.17, 15) is 0 Å². The van der Waals surface area contributed by atoms with Gasteiger partial charge in [-0.3, -0.25) is 0 Å². The Bertz CT molecular complexity index is 346. The minimum atomic E-state index is 0.475. The van der Waals surface area contributed by atoms with Crippen LogP contribution in [0.15, 0.2) is 10.8 Å². The van der Waals surface area contributed by atoms with E-state index in [-0.39, 0.29) is 0 Å². The molecule has 0 aliphatic carbocycles. The van der Waals surface area contributed by atoms with E-state index in [1.54, 1.807) is 0 Å². The molecule has 1 unspecified atom stereocenters. The molecule has 0 amide bonds. The van der Waals surface area contributed by atoms with E-state index in [0.29, 0.717) is 12.0 Å². The monoisotopic (exact) mass is 271 g/mol. The van der Waals surface area contributed by atoms with Crippen LogP contribution in [0.4, 0.5) is 0 Å². The summed E-state index contributed by atoms with van der Waals surface area (Å²) in [5.41, 5.74) is 0. The van der Waals surface area contributed by atoms with E-state index in [2.05, 4.69) is 51.3 Å². The molecule has 15 heavy (non-hydrogen) atoms. The van der Waals surface area contributed by atoms with Crippen LogP contribution in [0.25, 0.3) is 0 Å². The Morgan fingerprint density at radius 2 is 2.27 bits per heavy atom.